The Morgan fingerprint density at radius 3 is 2.33 bits per heavy atom. The van der Waals surface area contributed by atoms with E-state index in [0.29, 0.717) is 0 Å². The Hall–Kier alpha value is -0.850. The lowest BCUT2D eigenvalue weighted by Gasteiger charge is -2.34. The number of hydrogen-bond acceptors (Lipinski definition) is 4. The van der Waals surface area contributed by atoms with Crippen LogP contribution in [0.1, 0.15) is 40.0 Å². The second kappa shape index (κ2) is 14.5. The van der Waals surface area contributed by atoms with E-state index in [1.165, 1.54) is 39.1 Å². The number of nitrogens with one attached hydrogen (secondary N) is 2. The van der Waals surface area contributed by atoms with E-state index < -0.39 is 0 Å². The monoisotopic (exact) mass is 341 g/mol. The summed E-state index contributed by atoms with van der Waals surface area (Å²) in [6.45, 7) is 17.9. The Bertz CT molecular complexity index is 317. The molecule has 0 aliphatic carbocycles. The Morgan fingerprint density at radius 1 is 0.958 bits per heavy atom. The summed E-state index contributed by atoms with van der Waals surface area (Å²) in [4.78, 5) is 9.67. The molecular formula is C18H39N5O. The Kier molecular flexibility index (Phi) is 12.8. The second-order valence-corrected chi connectivity index (χ2v) is 6.28. The minimum absolute atomic E-state index is 0.810. The van der Waals surface area contributed by atoms with Gasteiger partial charge in [-0.05, 0) is 26.3 Å². The molecule has 24 heavy (non-hydrogen) atoms. The molecule has 1 saturated heterocycles. The molecule has 0 unspecified atom stereocenters. The predicted octanol–water partition coefficient (Wildman–Crippen LogP) is 1.39. The highest BCUT2D eigenvalue weighted by Crippen LogP contribution is 1.99. The fraction of sp³-hybridized carbons (Fsp3) is 0.944. The van der Waals surface area contributed by atoms with Crippen LogP contribution in [-0.4, -0.2) is 87.9 Å². The maximum absolute atomic E-state index is 5.57. The first-order chi connectivity index (χ1) is 11.8. The van der Waals surface area contributed by atoms with Crippen molar-refractivity contribution in [1.29, 1.82) is 0 Å². The lowest BCUT2D eigenvalue weighted by atomic mass is 10.3. The van der Waals surface area contributed by atoms with Crippen LogP contribution in [0.25, 0.3) is 0 Å². The van der Waals surface area contributed by atoms with E-state index in [1.54, 1.807) is 0 Å². The van der Waals surface area contributed by atoms with Gasteiger partial charge >= 0.3 is 0 Å². The number of hydrogen-bond donors (Lipinski definition) is 2. The third-order valence-electron chi connectivity index (χ3n) is 4.34. The average Bonchev–Trinajstić information content (AvgIpc) is 2.61. The largest absolute Gasteiger partial charge is 0.381 e. The SMILES string of the molecule is CCCCOCCCN=C(NCC)NCCN1CCN(CC)CC1. The van der Waals surface area contributed by atoms with Crippen LogP contribution in [0.2, 0.25) is 0 Å². The van der Waals surface area contributed by atoms with Gasteiger partial charge in [0.15, 0.2) is 5.96 Å². The van der Waals surface area contributed by atoms with Gasteiger partial charge in [0.1, 0.15) is 0 Å². The molecule has 6 heteroatoms. The predicted molar refractivity (Wildman–Crippen MR) is 103 cm³/mol. The van der Waals surface area contributed by atoms with Gasteiger partial charge in [0.25, 0.3) is 0 Å². The molecule has 1 fully saturated rings. The molecule has 1 rings (SSSR count). The Morgan fingerprint density at radius 2 is 1.67 bits per heavy atom. The van der Waals surface area contributed by atoms with Gasteiger partial charge in [-0.1, -0.05) is 20.3 Å². The molecule has 0 amide bonds. The van der Waals surface area contributed by atoms with E-state index >= 15 is 0 Å². The fourth-order valence-corrected chi connectivity index (χ4v) is 2.71. The lowest BCUT2D eigenvalue weighted by molar-refractivity contribution is 0.130. The van der Waals surface area contributed by atoms with E-state index in [9.17, 15) is 0 Å². The van der Waals surface area contributed by atoms with E-state index in [0.717, 1.165) is 58.2 Å². The van der Waals surface area contributed by atoms with Gasteiger partial charge in [-0.25, -0.2) is 0 Å². The summed E-state index contributed by atoms with van der Waals surface area (Å²) >= 11 is 0. The molecule has 0 atom stereocenters. The van der Waals surface area contributed by atoms with Gasteiger partial charge in [0.2, 0.25) is 0 Å². The molecule has 6 nitrogen and oxygen atoms in total. The maximum atomic E-state index is 5.57. The molecule has 2 N–H and O–H groups in total. The van der Waals surface area contributed by atoms with Gasteiger partial charge in [-0.15, -0.1) is 0 Å². The number of unbranched alkanes of at least 4 members (excludes halogenated alkanes) is 1. The fourth-order valence-electron chi connectivity index (χ4n) is 2.71. The van der Waals surface area contributed by atoms with Gasteiger partial charge in [0.05, 0.1) is 0 Å². The molecule has 0 aromatic rings. The average molecular weight is 342 g/mol. The quantitative estimate of drug-likeness (QED) is 0.319. The number of piperazine rings is 1. The molecule has 1 heterocycles. The first kappa shape index (κ1) is 21.2. The number of ether oxygens (including phenoxy) is 1. The molecule has 0 bridgehead atoms. The van der Waals surface area contributed by atoms with Crippen LogP contribution in [0.15, 0.2) is 4.99 Å². The van der Waals surface area contributed by atoms with Crippen LogP contribution in [0, 0.1) is 0 Å². The van der Waals surface area contributed by atoms with E-state index in [1.807, 2.05) is 0 Å². The first-order valence-corrected chi connectivity index (χ1v) is 9.84. The Labute approximate surface area is 149 Å². The number of likely N-dealkylation sites (N-methyl/N-ethyl adjacent to an activating group) is 1. The maximum Gasteiger partial charge on any atom is 0.191 e. The highest BCUT2D eigenvalue weighted by Gasteiger charge is 2.14. The number of rotatable bonds is 12. The van der Waals surface area contributed by atoms with Crippen LogP contribution in [0.4, 0.5) is 0 Å². The third kappa shape index (κ3) is 10.1. The summed E-state index contributed by atoms with van der Waals surface area (Å²) in [5.41, 5.74) is 0. The van der Waals surface area contributed by atoms with Gasteiger partial charge in [-0.3, -0.25) is 9.89 Å². The van der Waals surface area contributed by atoms with Crippen molar-refractivity contribution in [3.63, 3.8) is 0 Å². The molecule has 0 radical (unpaired) electrons. The minimum atomic E-state index is 0.810. The zero-order valence-electron chi connectivity index (χ0n) is 16.1. The van der Waals surface area contributed by atoms with Gasteiger partial charge in [0, 0.05) is 65.6 Å². The van der Waals surface area contributed by atoms with Crippen LogP contribution in [-0.2, 0) is 4.74 Å². The molecule has 0 aromatic carbocycles. The summed E-state index contributed by atoms with van der Waals surface area (Å²) in [7, 11) is 0. The van der Waals surface area contributed by atoms with Crippen molar-refractivity contribution in [2.75, 3.05) is 72.1 Å². The summed E-state index contributed by atoms with van der Waals surface area (Å²) in [6.07, 6.45) is 3.33. The number of guanidine groups is 1. The lowest BCUT2D eigenvalue weighted by Crippen LogP contribution is -2.49. The van der Waals surface area contributed by atoms with Crippen molar-refractivity contribution in [1.82, 2.24) is 20.4 Å². The standard InChI is InChI=1S/C18H39N5O/c1-4-7-16-24-17-8-9-20-18(19-5-2)21-10-11-23-14-12-22(6-3)13-15-23/h4-17H2,1-3H3,(H2,19,20,21). The van der Waals surface area contributed by atoms with Crippen molar-refractivity contribution < 1.29 is 4.74 Å². The van der Waals surface area contributed by atoms with E-state index in [-0.39, 0.29) is 0 Å². The van der Waals surface area contributed by atoms with Crippen molar-refractivity contribution in [2.24, 2.45) is 4.99 Å². The normalized spacial score (nSPS) is 17.2. The summed E-state index contributed by atoms with van der Waals surface area (Å²) in [6, 6.07) is 0. The molecule has 1 aliphatic rings. The second-order valence-electron chi connectivity index (χ2n) is 6.28. The van der Waals surface area contributed by atoms with Crippen molar-refractivity contribution >= 4 is 5.96 Å². The summed E-state index contributed by atoms with van der Waals surface area (Å²) in [5, 5.41) is 6.77. The molecule has 0 aromatic heterocycles. The molecular weight excluding hydrogens is 302 g/mol. The van der Waals surface area contributed by atoms with Gasteiger partial charge < -0.3 is 20.3 Å². The molecule has 1 aliphatic heterocycles. The molecule has 0 saturated carbocycles. The Balaban J connectivity index is 2.12. The molecule has 142 valence electrons. The number of aliphatic imine (C=N–C) groups is 1. The van der Waals surface area contributed by atoms with Crippen molar-refractivity contribution in [2.45, 2.75) is 40.0 Å². The van der Waals surface area contributed by atoms with Crippen LogP contribution >= 0.6 is 0 Å². The van der Waals surface area contributed by atoms with Crippen molar-refractivity contribution in [3.05, 3.63) is 0 Å². The van der Waals surface area contributed by atoms with Gasteiger partial charge in [-0.2, -0.15) is 0 Å². The zero-order valence-corrected chi connectivity index (χ0v) is 16.1. The topological polar surface area (TPSA) is 52.1 Å². The van der Waals surface area contributed by atoms with Crippen molar-refractivity contribution in [3.8, 4) is 0 Å². The highest BCUT2D eigenvalue weighted by atomic mass is 16.5. The first-order valence-electron chi connectivity index (χ1n) is 9.84. The van der Waals surface area contributed by atoms with Crippen LogP contribution in [0.3, 0.4) is 0 Å². The smallest absolute Gasteiger partial charge is 0.191 e. The third-order valence-corrected chi connectivity index (χ3v) is 4.34. The van der Waals surface area contributed by atoms with E-state index in [2.05, 4.69) is 46.2 Å². The summed E-state index contributed by atoms with van der Waals surface area (Å²) < 4.78 is 5.57. The number of nitrogens with zero attached hydrogens (tertiary/aromatic N) is 3. The minimum Gasteiger partial charge on any atom is -0.381 e. The summed E-state index contributed by atoms with van der Waals surface area (Å²) in [5.74, 6) is 0.929. The van der Waals surface area contributed by atoms with Crippen LogP contribution < -0.4 is 10.6 Å². The van der Waals surface area contributed by atoms with Crippen LogP contribution in [0.5, 0.6) is 0 Å². The molecule has 0 spiro atoms. The highest BCUT2D eigenvalue weighted by molar-refractivity contribution is 5.79. The zero-order chi connectivity index (χ0) is 17.5. The van der Waals surface area contributed by atoms with E-state index in [4.69, 9.17) is 4.74 Å².